The standard InChI is InChI=1S/C10H17N3/c1-2-12-10(11-1)13-6-7-3-8-5-9(8)4-7/h7-9H,1-6H2,(H2,11,12,13). The topological polar surface area (TPSA) is 36.4 Å². The van der Waals surface area contributed by atoms with Crippen molar-refractivity contribution in [3.05, 3.63) is 0 Å². The molecule has 3 heteroatoms. The maximum absolute atomic E-state index is 4.32. The van der Waals surface area contributed by atoms with Gasteiger partial charge in [0, 0.05) is 13.1 Å². The zero-order chi connectivity index (χ0) is 8.67. The molecule has 72 valence electrons. The van der Waals surface area contributed by atoms with E-state index in [1.807, 2.05) is 0 Å². The molecule has 0 saturated heterocycles. The molecule has 2 unspecified atom stereocenters. The SMILES string of the molecule is C1CNC(NCC2CC3CC3C2)=N1. The van der Waals surface area contributed by atoms with E-state index in [-0.39, 0.29) is 0 Å². The Labute approximate surface area is 79.0 Å². The third-order valence-corrected chi connectivity index (χ3v) is 3.57. The number of hydrogen-bond acceptors (Lipinski definition) is 3. The van der Waals surface area contributed by atoms with Crippen molar-refractivity contribution >= 4 is 5.96 Å². The van der Waals surface area contributed by atoms with Crippen LogP contribution in [0, 0.1) is 17.8 Å². The highest BCUT2D eigenvalue weighted by Crippen LogP contribution is 2.54. The molecule has 1 aliphatic heterocycles. The molecule has 3 rings (SSSR count). The van der Waals surface area contributed by atoms with Crippen LogP contribution in [0.25, 0.3) is 0 Å². The summed E-state index contributed by atoms with van der Waals surface area (Å²) in [6.07, 6.45) is 4.45. The molecule has 3 nitrogen and oxygen atoms in total. The summed E-state index contributed by atoms with van der Waals surface area (Å²) >= 11 is 0. The Bertz CT molecular complexity index is 226. The number of hydrogen-bond donors (Lipinski definition) is 2. The second-order valence-corrected chi connectivity index (χ2v) is 4.63. The predicted molar refractivity (Wildman–Crippen MR) is 52.6 cm³/mol. The Balaban J connectivity index is 1.43. The maximum Gasteiger partial charge on any atom is 0.191 e. The fraction of sp³-hybridized carbons (Fsp3) is 0.900. The van der Waals surface area contributed by atoms with Crippen LogP contribution in [0.4, 0.5) is 0 Å². The lowest BCUT2D eigenvalue weighted by atomic mass is 10.0. The van der Waals surface area contributed by atoms with Gasteiger partial charge in [-0.2, -0.15) is 0 Å². The van der Waals surface area contributed by atoms with Gasteiger partial charge >= 0.3 is 0 Å². The molecule has 0 spiro atoms. The van der Waals surface area contributed by atoms with Crippen LogP contribution in [0.2, 0.25) is 0 Å². The van der Waals surface area contributed by atoms with Gasteiger partial charge < -0.3 is 10.6 Å². The molecule has 2 saturated carbocycles. The van der Waals surface area contributed by atoms with Gasteiger partial charge in [0.1, 0.15) is 0 Å². The minimum Gasteiger partial charge on any atom is -0.356 e. The van der Waals surface area contributed by atoms with Crippen LogP contribution >= 0.6 is 0 Å². The Kier molecular flexibility index (Phi) is 1.70. The molecule has 0 radical (unpaired) electrons. The Morgan fingerprint density at radius 1 is 1.31 bits per heavy atom. The molecular formula is C10H17N3. The number of guanidine groups is 1. The zero-order valence-electron chi connectivity index (χ0n) is 7.92. The molecule has 0 amide bonds. The van der Waals surface area contributed by atoms with Gasteiger partial charge in [-0.15, -0.1) is 0 Å². The molecule has 2 N–H and O–H groups in total. The summed E-state index contributed by atoms with van der Waals surface area (Å²) in [5.41, 5.74) is 0. The van der Waals surface area contributed by atoms with E-state index < -0.39 is 0 Å². The summed E-state index contributed by atoms with van der Waals surface area (Å²) < 4.78 is 0. The van der Waals surface area contributed by atoms with Crippen molar-refractivity contribution < 1.29 is 0 Å². The summed E-state index contributed by atoms with van der Waals surface area (Å²) in [7, 11) is 0. The van der Waals surface area contributed by atoms with Gasteiger partial charge in [-0.05, 0) is 37.0 Å². The van der Waals surface area contributed by atoms with Crippen LogP contribution in [0.15, 0.2) is 4.99 Å². The number of nitrogens with zero attached hydrogens (tertiary/aromatic N) is 1. The predicted octanol–water partition coefficient (Wildman–Crippen LogP) is 0.581. The Morgan fingerprint density at radius 3 is 2.85 bits per heavy atom. The number of aliphatic imine (C=N–C) groups is 1. The van der Waals surface area contributed by atoms with Gasteiger partial charge in [0.25, 0.3) is 0 Å². The van der Waals surface area contributed by atoms with Crippen LogP contribution in [0.1, 0.15) is 19.3 Å². The van der Waals surface area contributed by atoms with E-state index in [1.165, 1.54) is 19.3 Å². The smallest absolute Gasteiger partial charge is 0.191 e. The van der Waals surface area contributed by atoms with E-state index in [1.54, 1.807) is 0 Å². The van der Waals surface area contributed by atoms with Gasteiger partial charge in [-0.3, -0.25) is 4.99 Å². The van der Waals surface area contributed by atoms with Gasteiger partial charge in [0.2, 0.25) is 0 Å². The zero-order valence-corrected chi connectivity index (χ0v) is 7.92. The number of fused-ring (bicyclic) bond motifs is 1. The first kappa shape index (κ1) is 7.65. The average Bonchev–Trinajstić information content (AvgIpc) is 2.64. The first-order chi connectivity index (χ1) is 6.42. The molecule has 2 fully saturated rings. The monoisotopic (exact) mass is 179 g/mol. The van der Waals surface area contributed by atoms with E-state index in [9.17, 15) is 0 Å². The molecule has 2 atom stereocenters. The fourth-order valence-electron chi connectivity index (χ4n) is 2.76. The van der Waals surface area contributed by atoms with Crippen molar-refractivity contribution in [3.63, 3.8) is 0 Å². The molecule has 0 aromatic carbocycles. The maximum atomic E-state index is 4.32. The molecule has 3 aliphatic rings. The van der Waals surface area contributed by atoms with E-state index in [0.29, 0.717) is 0 Å². The molecular weight excluding hydrogens is 162 g/mol. The van der Waals surface area contributed by atoms with Crippen LogP contribution in [-0.2, 0) is 0 Å². The van der Waals surface area contributed by atoms with Crippen molar-refractivity contribution in [2.45, 2.75) is 19.3 Å². The number of rotatable bonds is 2. The summed E-state index contributed by atoms with van der Waals surface area (Å²) in [4.78, 5) is 4.32. The minimum atomic E-state index is 0.925. The van der Waals surface area contributed by atoms with Crippen molar-refractivity contribution in [2.75, 3.05) is 19.6 Å². The summed E-state index contributed by atoms with van der Waals surface area (Å²) in [6, 6.07) is 0. The van der Waals surface area contributed by atoms with E-state index >= 15 is 0 Å². The van der Waals surface area contributed by atoms with Crippen molar-refractivity contribution in [3.8, 4) is 0 Å². The lowest BCUT2D eigenvalue weighted by molar-refractivity contribution is 0.478. The first-order valence-electron chi connectivity index (χ1n) is 5.44. The van der Waals surface area contributed by atoms with Gasteiger partial charge in [0.15, 0.2) is 5.96 Å². The molecule has 0 aromatic heterocycles. The van der Waals surface area contributed by atoms with Crippen LogP contribution < -0.4 is 10.6 Å². The van der Waals surface area contributed by atoms with Crippen molar-refractivity contribution in [2.24, 2.45) is 22.7 Å². The lowest BCUT2D eigenvalue weighted by Gasteiger charge is -2.13. The van der Waals surface area contributed by atoms with E-state index in [0.717, 1.165) is 43.3 Å². The first-order valence-corrected chi connectivity index (χ1v) is 5.44. The second kappa shape index (κ2) is 2.89. The summed E-state index contributed by atoms with van der Waals surface area (Å²) in [5.74, 6) is 4.16. The van der Waals surface area contributed by atoms with Crippen LogP contribution in [-0.4, -0.2) is 25.6 Å². The lowest BCUT2D eigenvalue weighted by Crippen LogP contribution is -2.36. The third-order valence-electron chi connectivity index (χ3n) is 3.57. The Hall–Kier alpha value is -0.730. The largest absolute Gasteiger partial charge is 0.356 e. The minimum absolute atomic E-state index is 0.925. The molecule has 1 heterocycles. The molecule has 0 aromatic rings. The van der Waals surface area contributed by atoms with Crippen LogP contribution in [0.3, 0.4) is 0 Å². The fourth-order valence-corrected chi connectivity index (χ4v) is 2.76. The van der Waals surface area contributed by atoms with E-state index in [4.69, 9.17) is 0 Å². The van der Waals surface area contributed by atoms with Crippen LogP contribution in [0.5, 0.6) is 0 Å². The molecule has 13 heavy (non-hydrogen) atoms. The van der Waals surface area contributed by atoms with Crippen molar-refractivity contribution in [1.29, 1.82) is 0 Å². The third kappa shape index (κ3) is 1.52. The summed E-state index contributed by atoms with van der Waals surface area (Å²) in [5, 5.41) is 6.65. The van der Waals surface area contributed by atoms with E-state index in [2.05, 4.69) is 15.6 Å². The summed E-state index contributed by atoms with van der Waals surface area (Å²) in [6.45, 7) is 3.09. The van der Waals surface area contributed by atoms with Crippen molar-refractivity contribution in [1.82, 2.24) is 10.6 Å². The molecule has 2 aliphatic carbocycles. The normalized spacial score (nSPS) is 40.9. The highest BCUT2D eigenvalue weighted by Gasteiger charge is 2.45. The number of nitrogens with one attached hydrogen (secondary N) is 2. The Morgan fingerprint density at radius 2 is 2.15 bits per heavy atom. The molecule has 0 bridgehead atoms. The quantitative estimate of drug-likeness (QED) is 0.650. The van der Waals surface area contributed by atoms with Gasteiger partial charge in [0.05, 0.1) is 6.54 Å². The van der Waals surface area contributed by atoms with Gasteiger partial charge in [-0.1, -0.05) is 0 Å². The van der Waals surface area contributed by atoms with Gasteiger partial charge in [-0.25, -0.2) is 0 Å². The average molecular weight is 179 g/mol. The second-order valence-electron chi connectivity index (χ2n) is 4.63. The highest BCUT2D eigenvalue weighted by molar-refractivity contribution is 5.81. The highest BCUT2D eigenvalue weighted by atomic mass is 15.2.